The second kappa shape index (κ2) is 5.47. The normalized spacial score (nSPS) is 10.5. The first-order valence-corrected chi connectivity index (χ1v) is 4.62. The fourth-order valence-corrected chi connectivity index (χ4v) is 1.07. The topological polar surface area (TPSA) is 84.3 Å². The second-order valence-electron chi connectivity index (χ2n) is 3.15. The van der Waals surface area contributed by atoms with E-state index in [0.29, 0.717) is 18.6 Å². The van der Waals surface area contributed by atoms with Gasteiger partial charge in [-0.3, -0.25) is 9.78 Å². The molecule has 1 aromatic rings. The van der Waals surface area contributed by atoms with Crippen molar-refractivity contribution in [3.8, 4) is 0 Å². The lowest BCUT2D eigenvalue weighted by atomic mass is 10.3. The third kappa shape index (κ3) is 3.34. The first-order valence-electron chi connectivity index (χ1n) is 4.62. The van der Waals surface area contributed by atoms with Gasteiger partial charge in [0.2, 0.25) is 0 Å². The zero-order valence-electron chi connectivity index (χ0n) is 8.52. The van der Waals surface area contributed by atoms with Gasteiger partial charge in [-0.2, -0.15) is 0 Å². The summed E-state index contributed by atoms with van der Waals surface area (Å²) in [6, 6.07) is 0. The molecular weight excluding hydrogens is 200 g/mol. The van der Waals surface area contributed by atoms with E-state index in [4.69, 9.17) is 9.84 Å². The molecule has 1 rings (SSSR count). The van der Waals surface area contributed by atoms with Gasteiger partial charge in [0.25, 0.3) is 5.56 Å². The molecule has 0 bridgehead atoms. The average Bonchev–Trinajstić information content (AvgIpc) is 2.20. The monoisotopic (exact) mass is 214 g/mol. The highest BCUT2D eigenvalue weighted by Crippen LogP contribution is 1.92. The van der Waals surface area contributed by atoms with Gasteiger partial charge in [0.1, 0.15) is 0 Å². The van der Waals surface area contributed by atoms with Crippen molar-refractivity contribution in [2.24, 2.45) is 7.05 Å². The Morgan fingerprint density at radius 1 is 1.53 bits per heavy atom. The molecule has 6 heteroatoms. The molecule has 1 aromatic heterocycles. The van der Waals surface area contributed by atoms with Crippen molar-refractivity contribution in [3.63, 3.8) is 0 Å². The number of rotatable bonds is 5. The molecule has 0 radical (unpaired) electrons. The van der Waals surface area contributed by atoms with Crippen LogP contribution in [-0.2, 0) is 18.4 Å². The molecule has 0 atom stereocenters. The number of hydrogen-bond donors (Lipinski definition) is 2. The number of aliphatic hydroxyl groups excluding tert-OH is 1. The number of nitrogens with one attached hydrogen (secondary N) is 1. The summed E-state index contributed by atoms with van der Waals surface area (Å²) in [5.74, 6) is 0. The molecule has 84 valence electrons. The predicted molar refractivity (Wildman–Crippen MR) is 53.7 cm³/mol. The van der Waals surface area contributed by atoms with Crippen LogP contribution in [0.2, 0.25) is 0 Å². The zero-order valence-corrected chi connectivity index (χ0v) is 8.52. The van der Waals surface area contributed by atoms with Gasteiger partial charge < -0.3 is 14.4 Å². The smallest absolute Gasteiger partial charge is 0.328 e. The highest BCUT2D eigenvalue weighted by atomic mass is 16.5. The van der Waals surface area contributed by atoms with Crippen LogP contribution in [0.3, 0.4) is 0 Å². The van der Waals surface area contributed by atoms with Gasteiger partial charge in [0, 0.05) is 26.5 Å². The number of hydrogen-bond acceptors (Lipinski definition) is 4. The van der Waals surface area contributed by atoms with E-state index >= 15 is 0 Å². The Balaban J connectivity index is 2.66. The molecule has 15 heavy (non-hydrogen) atoms. The Morgan fingerprint density at radius 2 is 2.27 bits per heavy atom. The highest BCUT2D eigenvalue weighted by Gasteiger charge is 2.02. The summed E-state index contributed by atoms with van der Waals surface area (Å²) in [5, 5.41) is 8.51. The lowest BCUT2D eigenvalue weighted by Gasteiger charge is -2.03. The summed E-state index contributed by atoms with van der Waals surface area (Å²) in [5.41, 5.74) is -0.476. The number of nitrogens with zero attached hydrogens (tertiary/aromatic N) is 1. The van der Waals surface area contributed by atoms with Crippen molar-refractivity contribution in [1.29, 1.82) is 0 Å². The molecule has 0 spiro atoms. The molecule has 0 aliphatic rings. The quantitative estimate of drug-likeness (QED) is 0.614. The van der Waals surface area contributed by atoms with E-state index in [9.17, 15) is 9.59 Å². The van der Waals surface area contributed by atoms with Gasteiger partial charge >= 0.3 is 5.69 Å². The van der Waals surface area contributed by atoms with Crippen molar-refractivity contribution in [3.05, 3.63) is 32.6 Å². The first-order chi connectivity index (χ1) is 7.15. The SMILES string of the molecule is Cn1cc(COCCCO)c(=O)[nH]c1=O. The molecule has 0 unspecified atom stereocenters. The second-order valence-corrected chi connectivity index (χ2v) is 3.15. The number of aromatic amines is 1. The number of ether oxygens (including phenoxy) is 1. The van der Waals surface area contributed by atoms with Gasteiger partial charge in [0.15, 0.2) is 0 Å². The molecular formula is C9H14N2O4. The van der Waals surface area contributed by atoms with Gasteiger partial charge in [-0.15, -0.1) is 0 Å². The fraction of sp³-hybridized carbons (Fsp3) is 0.556. The number of aromatic nitrogens is 2. The van der Waals surface area contributed by atoms with E-state index in [1.54, 1.807) is 7.05 Å². The Kier molecular flexibility index (Phi) is 4.26. The van der Waals surface area contributed by atoms with Gasteiger partial charge in [-0.25, -0.2) is 4.79 Å². The number of H-pyrrole nitrogens is 1. The van der Waals surface area contributed by atoms with Crippen LogP contribution >= 0.6 is 0 Å². The van der Waals surface area contributed by atoms with E-state index in [0.717, 1.165) is 0 Å². The van der Waals surface area contributed by atoms with Gasteiger partial charge in [-0.1, -0.05) is 0 Å². The van der Waals surface area contributed by atoms with E-state index in [-0.39, 0.29) is 13.2 Å². The molecule has 0 aliphatic carbocycles. The lowest BCUT2D eigenvalue weighted by molar-refractivity contribution is 0.103. The fourth-order valence-electron chi connectivity index (χ4n) is 1.07. The molecule has 0 amide bonds. The van der Waals surface area contributed by atoms with Crippen LogP contribution in [0.5, 0.6) is 0 Å². The number of aryl methyl sites for hydroxylation is 1. The Bertz CT molecular complexity index is 421. The van der Waals surface area contributed by atoms with Crippen LogP contribution in [0, 0.1) is 0 Å². The van der Waals surface area contributed by atoms with E-state index in [1.165, 1.54) is 10.8 Å². The van der Waals surface area contributed by atoms with E-state index in [1.807, 2.05) is 0 Å². The molecule has 0 saturated heterocycles. The van der Waals surface area contributed by atoms with Gasteiger partial charge in [0.05, 0.1) is 12.2 Å². The molecule has 0 saturated carbocycles. The molecule has 0 aliphatic heterocycles. The molecule has 1 heterocycles. The van der Waals surface area contributed by atoms with Crippen LogP contribution in [0.1, 0.15) is 12.0 Å². The van der Waals surface area contributed by atoms with E-state index in [2.05, 4.69) is 4.98 Å². The minimum Gasteiger partial charge on any atom is -0.396 e. The van der Waals surface area contributed by atoms with Crippen molar-refractivity contribution < 1.29 is 9.84 Å². The third-order valence-corrected chi connectivity index (χ3v) is 1.89. The van der Waals surface area contributed by atoms with Crippen molar-refractivity contribution >= 4 is 0 Å². The largest absolute Gasteiger partial charge is 0.396 e. The molecule has 0 fully saturated rings. The summed E-state index contributed by atoms with van der Waals surface area (Å²) in [4.78, 5) is 24.4. The van der Waals surface area contributed by atoms with Crippen LogP contribution in [0.4, 0.5) is 0 Å². The Morgan fingerprint density at radius 3 is 2.93 bits per heavy atom. The third-order valence-electron chi connectivity index (χ3n) is 1.89. The minimum absolute atomic E-state index is 0.0592. The van der Waals surface area contributed by atoms with Crippen LogP contribution in [0.25, 0.3) is 0 Å². The minimum atomic E-state index is -0.445. The van der Waals surface area contributed by atoms with Crippen LogP contribution in [-0.4, -0.2) is 27.9 Å². The molecule has 0 aromatic carbocycles. The first kappa shape index (κ1) is 11.7. The standard InChI is InChI=1S/C9H14N2O4/c1-11-5-7(6-15-4-2-3-12)8(13)10-9(11)14/h5,12H,2-4,6H2,1H3,(H,10,13,14). The summed E-state index contributed by atoms with van der Waals surface area (Å²) in [6.45, 7) is 0.589. The average molecular weight is 214 g/mol. The summed E-state index contributed by atoms with van der Waals surface area (Å²) in [6.07, 6.45) is 1.98. The van der Waals surface area contributed by atoms with E-state index < -0.39 is 11.2 Å². The highest BCUT2D eigenvalue weighted by molar-refractivity contribution is 5.02. The zero-order chi connectivity index (χ0) is 11.3. The molecule has 2 N–H and O–H groups in total. The number of aliphatic hydroxyl groups is 1. The van der Waals surface area contributed by atoms with Crippen molar-refractivity contribution in [2.45, 2.75) is 13.0 Å². The van der Waals surface area contributed by atoms with Crippen LogP contribution < -0.4 is 11.2 Å². The Labute approximate surface area is 86.1 Å². The summed E-state index contributed by atoms with van der Waals surface area (Å²) < 4.78 is 6.42. The lowest BCUT2D eigenvalue weighted by Crippen LogP contribution is -2.30. The maximum absolute atomic E-state index is 11.3. The van der Waals surface area contributed by atoms with Crippen molar-refractivity contribution in [1.82, 2.24) is 9.55 Å². The van der Waals surface area contributed by atoms with Gasteiger partial charge in [-0.05, 0) is 6.42 Å². The summed E-state index contributed by atoms with van der Waals surface area (Å²) in [7, 11) is 1.55. The maximum Gasteiger partial charge on any atom is 0.328 e. The maximum atomic E-state index is 11.3. The predicted octanol–water partition coefficient (Wildman–Crippen LogP) is -1.03. The summed E-state index contributed by atoms with van der Waals surface area (Å²) >= 11 is 0. The van der Waals surface area contributed by atoms with Crippen LogP contribution in [0.15, 0.2) is 15.8 Å². The Hall–Kier alpha value is -1.40. The molecule has 6 nitrogen and oxygen atoms in total. The van der Waals surface area contributed by atoms with Crippen molar-refractivity contribution in [2.75, 3.05) is 13.2 Å².